The molecule has 1 aromatic carbocycles. The normalized spacial score (nSPS) is 10.9. The first kappa shape index (κ1) is 15.6. The van der Waals surface area contributed by atoms with Gasteiger partial charge in [-0.2, -0.15) is 0 Å². The van der Waals surface area contributed by atoms with Crippen LogP contribution in [0.25, 0.3) is 0 Å². The minimum absolute atomic E-state index is 0.0335. The van der Waals surface area contributed by atoms with Crippen LogP contribution in [0.15, 0.2) is 24.3 Å². The monoisotopic (exact) mass is 280 g/mol. The van der Waals surface area contributed by atoms with Crippen LogP contribution in [0.5, 0.6) is 0 Å². The minimum atomic E-state index is -1.33. The van der Waals surface area contributed by atoms with Crippen LogP contribution in [0.2, 0.25) is 0 Å². The van der Waals surface area contributed by atoms with E-state index in [1.165, 1.54) is 26.0 Å². The zero-order valence-corrected chi connectivity index (χ0v) is 11.3. The van der Waals surface area contributed by atoms with Gasteiger partial charge in [-0.1, -0.05) is 12.1 Å². The molecule has 0 aliphatic rings. The van der Waals surface area contributed by atoms with Gasteiger partial charge in [0.1, 0.15) is 5.54 Å². The third-order valence-electron chi connectivity index (χ3n) is 2.75. The van der Waals surface area contributed by atoms with Crippen LogP contribution in [-0.2, 0) is 16.0 Å². The predicted octanol–water partition coefficient (Wildman–Crippen LogP) is 1.51. The van der Waals surface area contributed by atoms with Gasteiger partial charge < -0.3 is 10.4 Å². The quantitative estimate of drug-likeness (QED) is 0.606. The molecule has 0 saturated heterocycles. The van der Waals surface area contributed by atoms with E-state index in [2.05, 4.69) is 5.32 Å². The van der Waals surface area contributed by atoms with E-state index in [0.29, 0.717) is 12.0 Å². The molecule has 7 heteroatoms. The van der Waals surface area contributed by atoms with E-state index in [1.54, 1.807) is 12.1 Å². The Morgan fingerprint density at radius 1 is 1.40 bits per heavy atom. The fourth-order valence-electron chi connectivity index (χ4n) is 1.55. The first-order valence-electron chi connectivity index (χ1n) is 6.00. The van der Waals surface area contributed by atoms with E-state index in [-0.39, 0.29) is 12.1 Å². The number of nitro groups is 1. The van der Waals surface area contributed by atoms with E-state index in [1.807, 2.05) is 0 Å². The molecule has 0 aromatic heterocycles. The number of hydrogen-bond donors (Lipinski definition) is 2. The van der Waals surface area contributed by atoms with Crippen molar-refractivity contribution in [2.75, 3.05) is 0 Å². The second kappa shape index (κ2) is 6.14. The van der Waals surface area contributed by atoms with Crippen molar-refractivity contribution in [3.8, 4) is 0 Å². The van der Waals surface area contributed by atoms with E-state index in [0.717, 1.165) is 0 Å². The van der Waals surface area contributed by atoms with Crippen molar-refractivity contribution in [3.05, 3.63) is 39.9 Å². The molecule has 1 rings (SSSR count). The first-order valence-corrected chi connectivity index (χ1v) is 6.00. The van der Waals surface area contributed by atoms with E-state index in [4.69, 9.17) is 5.11 Å². The molecule has 0 aliphatic heterocycles. The van der Waals surface area contributed by atoms with Crippen LogP contribution >= 0.6 is 0 Å². The summed E-state index contributed by atoms with van der Waals surface area (Å²) >= 11 is 0. The highest BCUT2D eigenvalue weighted by Crippen LogP contribution is 2.14. The molecule has 0 saturated carbocycles. The average Bonchev–Trinajstić information content (AvgIpc) is 2.36. The lowest BCUT2D eigenvalue weighted by Crippen LogP contribution is -2.49. The summed E-state index contributed by atoms with van der Waals surface area (Å²) in [6.07, 6.45) is 0.376. The molecular weight excluding hydrogens is 264 g/mol. The van der Waals surface area contributed by atoms with Crippen LogP contribution in [0.3, 0.4) is 0 Å². The SMILES string of the molecule is CC(C)(NC(=O)CCc1cccc([N+](=O)[O-])c1)C(=O)O. The second-order valence-electron chi connectivity index (χ2n) is 4.91. The van der Waals surface area contributed by atoms with Crippen molar-refractivity contribution < 1.29 is 19.6 Å². The molecule has 0 fully saturated rings. The van der Waals surface area contributed by atoms with Gasteiger partial charge >= 0.3 is 5.97 Å². The lowest BCUT2D eigenvalue weighted by molar-refractivity contribution is -0.384. The van der Waals surface area contributed by atoms with Gasteiger partial charge in [0.15, 0.2) is 0 Å². The standard InChI is InChI=1S/C13H16N2O5/c1-13(2,12(17)18)14-11(16)7-6-9-4-3-5-10(8-9)15(19)20/h3-5,8H,6-7H2,1-2H3,(H,14,16)(H,17,18). The van der Waals surface area contributed by atoms with Crippen LogP contribution in [0.4, 0.5) is 5.69 Å². The molecule has 0 atom stereocenters. The Morgan fingerprint density at radius 3 is 2.60 bits per heavy atom. The lowest BCUT2D eigenvalue weighted by atomic mass is 10.0. The Bertz CT molecular complexity index is 539. The number of hydrogen-bond acceptors (Lipinski definition) is 4. The molecule has 0 radical (unpaired) electrons. The van der Waals surface area contributed by atoms with Gasteiger partial charge in [-0.3, -0.25) is 14.9 Å². The summed E-state index contributed by atoms with van der Waals surface area (Å²) < 4.78 is 0. The minimum Gasteiger partial charge on any atom is -0.480 e. The number of carbonyl (C=O) groups excluding carboxylic acids is 1. The number of carbonyl (C=O) groups is 2. The van der Waals surface area contributed by atoms with Gasteiger partial charge in [-0.25, -0.2) is 4.79 Å². The van der Waals surface area contributed by atoms with Crippen LogP contribution in [-0.4, -0.2) is 27.4 Å². The number of carboxylic acid groups (broad SMARTS) is 1. The van der Waals surface area contributed by atoms with Gasteiger partial charge in [0.2, 0.25) is 5.91 Å². The zero-order chi connectivity index (χ0) is 15.3. The van der Waals surface area contributed by atoms with Gasteiger partial charge in [-0.15, -0.1) is 0 Å². The van der Waals surface area contributed by atoms with Crippen molar-refractivity contribution in [3.63, 3.8) is 0 Å². The van der Waals surface area contributed by atoms with Crippen LogP contribution < -0.4 is 5.32 Å². The number of non-ortho nitro benzene ring substituents is 1. The fraction of sp³-hybridized carbons (Fsp3) is 0.385. The number of nitrogens with one attached hydrogen (secondary N) is 1. The predicted molar refractivity (Wildman–Crippen MR) is 71.3 cm³/mol. The third kappa shape index (κ3) is 4.34. The lowest BCUT2D eigenvalue weighted by Gasteiger charge is -2.20. The summed E-state index contributed by atoms with van der Waals surface area (Å²) in [5, 5.41) is 21.9. The fourth-order valence-corrected chi connectivity index (χ4v) is 1.55. The average molecular weight is 280 g/mol. The molecule has 108 valence electrons. The van der Waals surface area contributed by atoms with Crippen molar-refractivity contribution in [2.24, 2.45) is 0 Å². The molecule has 0 bridgehead atoms. The Morgan fingerprint density at radius 2 is 2.05 bits per heavy atom. The number of nitrogens with zero attached hydrogens (tertiary/aromatic N) is 1. The van der Waals surface area contributed by atoms with Gasteiger partial charge in [0, 0.05) is 18.6 Å². The molecule has 1 aromatic rings. The maximum Gasteiger partial charge on any atom is 0.328 e. The molecule has 2 N–H and O–H groups in total. The Hall–Kier alpha value is -2.44. The van der Waals surface area contributed by atoms with Crippen molar-refractivity contribution in [1.29, 1.82) is 0 Å². The summed E-state index contributed by atoms with van der Waals surface area (Å²) in [6, 6.07) is 6.00. The summed E-state index contributed by atoms with van der Waals surface area (Å²) in [7, 11) is 0. The van der Waals surface area contributed by atoms with E-state index in [9.17, 15) is 19.7 Å². The number of carboxylic acids is 1. The largest absolute Gasteiger partial charge is 0.480 e. The summed E-state index contributed by atoms with van der Waals surface area (Å²) in [4.78, 5) is 32.6. The maximum atomic E-state index is 11.6. The van der Waals surface area contributed by atoms with E-state index < -0.39 is 22.3 Å². The number of nitro benzene ring substituents is 1. The highest BCUT2D eigenvalue weighted by Gasteiger charge is 2.28. The smallest absolute Gasteiger partial charge is 0.328 e. The first-order chi connectivity index (χ1) is 9.22. The zero-order valence-electron chi connectivity index (χ0n) is 11.3. The topological polar surface area (TPSA) is 110 Å². The van der Waals surface area contributed by atoms with Crippen LogP contribution in [0.1, 0.15) is 25.8 Å². The van der Waals surface area contributed by atoms with Crippen LogP contribution in [0, 0.1) is 10.1 Å². The van der Waals surface area contributed by atoms with Crippen molar-refractivity contribution in [1.82, 2.24) is 5.32 Å². The van der Waals surface area contributed by atoms with Gasteiger partial charge in [0.25, 0.3) is 5.69 Å². The Kier molecular flexibility index (Phi) is 4.79. The van der Waals surface area contributed by atoms with Crippen molar-refractivity contribution >= 4 is 17.6 Å². The Labute approximate surface area is 115 Å². The number of aliphatic carboxylic acids is 1. The molecule has 7 nitrogen and oxygen atoms in total. The third-order valence-corrected chi connectivity index (χ3v) is 2.75. The number of amides is 1. The number of benzene rings is 1. The number of aryl methyl sites for hydroxylation is 1. The molecule has 0 unspecified atom stereocenters. The molecule has 1 amide bonds. The molecule has 0 heterocycles. The highest BCUT2D eigenvalue weighted by atomic mass is 16.6. The van der Waals surface area contributed by atoms with Gasteiger partial charge in [0.05, 0.1) is 4.92 Å². The Balaban J connectivity index is 2.59. The van der Waals surface area contributed by atoms with E-state index >= 15 is 0 Å². The molecule has 0 spiro atoms. The van der Waals surface area contributed by atoms with Gasteiger partial charge in [-0.05, 0) is 25.8 Å². The maximum absolute atomic E-state index is 11.6. The highest BCUT2D eigenvalue weighted by molar-refractivity contribution is 5.86. The second-order valence-corrected chi connectivity index (χ2v) is 4.91. The summed E-state index contributed by atoms with van der Waals surface area (Å²) in [5.74, 6) is -1.54. The molecular formula is C13H16N2O5. The van der Waals surface area contributed by atoms with Crippen molar-refractivity contribution in [2.45, 2.75) is 32.2 Å². The number of rotatable bonds is 6. The molecule has 0 aliphatic carbocycles. The molecule has 20 heavy (non-hydrogen) atoms. The summed E-state index contributed by atoms with van der Waals surface area (Å²) in [6.45, 7) is 2.78. The summed E-state index contributed by atoms with van der Waals surface area (Å²) in [5.41, 5.74) is -0.712.